The van der Waals surface area contributed by atoms with Crippen molar-refractivity contribution in [3.63, 3.8) is 0 Å². The van der Waals surface area contributed by atoms with Crippen LogP contribution >= 0.6 is 11.6 Å². The van der Waals surface area contributed by atoms with Crippen LogP contribution in [-0.2, 0) is 11.3 Å². The van der Waals surface area contributed by atoms with Crippen LogP contribution < -0.4 is 4.74 Å². The Kier molecular flexibility index (Phi) is 4.78. The molecule has 2 aromatic carbocycles. The molecule has 2 fully saturated rings. The second kappa shape index (κ2) is 8.03. The van der Waals surface area contributed by atoms with E-state index in [9.17, 15) is 0 Å². The van der Waals surface area contributed by atoms with E-state index in [-0.39, 0.29) is 0 Å². The fourth-order valence-corrected chi connectivity index (χ4v) is 5.61. The summed E-state index contributed by atoms with van der Waals surface area (Å²) >= 11 is 6.75. The SMILES string of the molecule is Cc1nc2ccc(Oc3ccc4ncc(-c5cnn(CC6CC7CC6CO7)c5)nc4c3Cl)cc2[nH]1. The number of aromatic nitrogens is 6. The first kappa shape index (κ1) is 20.8. The van der Waals surface area contributed by atoms with E-state index < -0.39 is 0 Å². The minimum atomic E-state index is 0.423. The van der Waals surface area contributed by atoms with Gasteiger partial charge in [0.1, 0.15) is 27.9 Å². The number of nitrogens with zero attached hydrogens (tertiary/aromatic N) is 5. The molecule has 7 rings (SSSR count). The zero-order valence-corrected chi connectivity index (χ0v) is 19.9. The van der Waals surface area contributed by atoms with Gasteiger partial charge < -0.3 is 14.5 Å². The summed E-state index contributed by atoms with van der Waals surface area (Å²) in [5.74, 6) is 3.33. The number of ether oxygens (including phenoxy) is 2. The molecule has 1 saturated heterocycles. The van der Waals surface area contributed by atoms with Gasteiger partial charge in [0.15, 0.2) is 0 Å². The Morgan fingerprint density at radius 1 is 1.14 bits per heavy atom. The second-order valence-electron chi connectivity index (χ2n) is 9.50. The Morgan fingerprint density at radius 2 is 2.06 bits per heavy atom. The van der Waals surface area contributed by atoms with Crippen molar-refractivity contribution < 1.29 is 9.47 Å². The number of aryl methyl sites for hydroxylation is 1. The van der Waals surface area contributed by atoms with Crippen molar-refractivity contribution in [3.05, 3.63) is 59.8 Å². The van der Waals surface area contributed by atoms with Gasteiger partial charge >= 0.3 is 0 Å². The van der Waals surface area contributed by atoms with Crippen molar-refractivity contribution in [2.24, 2.45) is 11.8 Å². The first-order chi connectivity index (χ1) is 17.1. The fraction of sp³-hybridized carbons (Fsp3) is 0.308. The quantitative estimate of drug-likeness (QED) is 0.350. The molecular weight excluding hydrogens is 464 g/mol. The predicted octanol–water partition coefficient (Wildman–Crippen LogP) is 5.55. The van der Waals surface area contributed by atoms with Gasteiger partial charge in [-0.15, -0.1) is 0 Å². The van der Waals surface area contributed by atoms with Crippen LogP contribution in [0.2, 0.25) is 5.02 Å². The maximum absolute atomic E-state index is 6.75. The molecule has 2 aliphatic rings. The number of hydrogen-bond acceptors (Lipinski definition) is 6. The normalized spacial score (nSPS) is 21.4. The van der Waals surface area contributed by atoms with E-state index in [4.69, 9.17) is 26.1 Å². The van der Waals surface area contributed by atoms with E-state index >= 15 is 0 Å². The number of hydrogen-bond donors (Lipinski definition) is 1. The van der Waals surface area contributed by atoms with Gasteiger partial charge in [-0.1, -0.05) is 11.6 Å². The highest BCUT2D eigenvalue weighted by Gasteiger charge is 2.40. The minimum absolute atomic E-state index is 0.423. The molecule has 3 unspecified atom stereocenters. The second-order valence-corrected chi connectivity index (χ2v) is 9.88. The third-order valence-electron chi connectivity index (χ3n) is 7.11. The minimum Gasteiger partial charge on any atom is -0.456 e. The summed E-state index contributed by atoms with van der Waals surface area (Å²) in [6.07, 6.45) is 8.40. The lowest BCUT2D eigenvalue weighted by Gasteiger charge is -2.21. The van der Waals surface area contributed by atoms with Gasteiger partial charge in [0.25, 0.3) is 0 Å². The summed E-state index contributed by atoms with van der Waals surface area (Å²) in [5, 5.41) is 5.01. The van der Waals surface area contributed by atoms with E-state index in [0.29, 0.717) is 45.5 Å². The van der Waals surface area contributed by atoms with Gasteiger partial charge in [-0.3, -0.25) is 9.67 Å². The highest BCUT2D eigenvalue weighted by molar-refractivity contribution is 6.36. The van der Waals surface area contributed by atoms with Gasteiger partial charge in [-0.2, -0.15) is 5.10 Å². The molecule has 176 valence electrons. The smallest absolute Gasteiger partial charge is 0.148 e. The van der Waals surface area contributed by atoms with Gasteiger partial charge in [0, 0.05) is 24.4 Å². The molecule has 1 saturated carbocycles. The molecule has 0 spiro atoms. The van der Waals surface area contributed by atoms with Crippen LogP contribution in [0, 0.1) is 18.8 Å². The van der Waals surface area contributed by atoms with Crippen molar-refractivity contribution in [1.82, 2.24) is 29.7 Å². The summed E-state index contributed by atoms with van der Waals surface area (Å²) in [5.41, 5.74) is 4.76. The molecule has 2 bridgehead atoms. The molecule has 1 aliphatic heterocycles. The van der Waals surface area contributed by atoms with Crippen LogP contribution in [0.4, 0.5) is 0 Å². The Bertz CT molecular complexity index is 1580. The first-order valence-electron chi connectivity index (χ1n) is 11.8. The van der Waals surface area contributed by atoms with E-state index in [1.165, 1.54) is 6.42 Å². The third kappa shape index (κ3) is 3.73. The first-order valence-corrected chi connectivity index (χ1v) is 12.2. The van der Waals surface area contributed by atoms with E-state index in [1.54, 1.807) is 6.20 Å². The standard InChI is InChI=1S/C26H23ClN6O2/c1-14-30-20-3-2-18(8-22(20)31-14)35-24-5-4-21-26(25(24)27)32-23(10-28-21)17-9-29-33(12-17)11-15-6-19-7-16(15)13-34-19/h2-5,8-10,12,15-16,19H,6-7,11,13H2,1H3,(H,30,31). The van der Waals surface area contributed by atoms with Gasteiger partial charge in [0.05, 0.1) is 47.3 Å². The molecule has 5 aromatic rings. The molecule has 3 atom stereocenters. The molecule has 8 nitrogen and oxygen atoms in total. The van der Waals surface area contributed by atoms with Crippen LogP contribution in [-0.4, -0.2) is 42.4 Å². The largest absolute Gasteiger partial charge is 0.456 e. The van der Waals surface area contributed by atoms with Crippen LogP contribution in [0.25, 0.3) is 33.3 Å². The summed E-state index contributed by atoms with van der Waals surface area (Å²) in [7, 11) is 0. The number of rotatable bonds is 5. The Morgan fingerprint density at radius 3 is 2.91 bits per heavy atom. The molecule has 1 aliphatic carbocycles. The zero-order valence-electron chi connectivity index (χ0n) is 19.1. The maximum Gasteiger partial charge on any atom is 0.148 e. The van der Waals surface area contributed by atoms with Crippen LogP contribution in [0.5, 0.6) is 11.5 Å². The maximum atomic E-state index is 6.75. The molecular formula is C26H23ClN6O2. The highest BCUT2D eigenvalue weighted by atomic mass is 35.5. The molecule has 0 radical (unpaired) electrons. The number of halogens is 1. The van der Waals surface area contributed by atoms with E-state index in [2.05, 4.69) is 20.1 Å². The third-order valence-corrected chi connectivity index (χ3v) is 7.48. The van der Waals surface area contributed by atoms with Crippen molar-refractivity contribution in [3.8, 4) is 22.8 Å². The van der Waals surface area contributed by atoms with Gasteiger partial charge in [-0.25, -0.2) is 9.97 Å². The average molecular weight is 487 g/mol. The summed E-state index contributed by atoms with van der Waals surface area (Å²) in [6, 6.07) is 9.39. The predicted molar refractivity (Wildman–Crippen MR) is 133 cm³/mol. The lowest BCUT2D eigenvalue weighted by Crippen LogP contribution is -2.22. The van der Waals surface area contributed by atoms with E-state index in [0.717, 1.165) is 47.7 Å². The van der Waals surface area contributed by atoms with Crippen molar-refractivity contribution in [1.29, 1.82) is 0 Å². The molecule has 1 N–H and O–H groups in total. The van der Waals surface area contributed by atoms with Crippen LogP contribution in [0.1, 0.15) is 18.7 Å². The van der Waals surface area contributed by atoms with Gasteiger partial charge in [0.2, 0.25) is 0 Å². The summed E-state index contributed by atoms with van der Waals surface area (Å²) in [6.45, 7) is 3.72. The zero-order chi connectivity index (χ0) is 23.5. The van der Waals surface area contributed by atoms with Gasteiger partial charge in [-0.05, 0) is 55.9 Å². The monoisotopic (exact) mass is 486 g/mol. The molecule has 35 heavy (non-hydrogen) atoms. The Balaban J connectivity index is 1.16. The summed E-state index contributed by atoms with van der Waals surface area (Å²) < 4.78 is 13.9. The number of imidazole rings is 1. The molecule has 9 heteroatoms. The highest BCUT2D eigenvalue weighted by Crippen LogP contribution is 2.41. The Hall–Kier alpha value is -3.49. The number of benzene rings is 2. The summed E-state index contributed by atoms with van der Waals surface area (Å²) in [4.78, 5) is 17.1. The number of H-pyrrole nitrogens is 1. The lowest BCUT2D eigenvalue weighted by atomic mass is 9.97. The number of fused-ring (bicyclic) bond motifs is 4. The molecule has 4 heterocycles. The van der Waals surface area contributed by atoms with Crippen molar-refractivity contribution in [2.45, 2.75) is 32.4 Å². The van der Waals surface area contributed by atoms with Crippen LogP contribution in [0.3, 0.4) is 0 Å². The molecule has 3 aromatic heterocycles. The molecule has 0 amide bonds. The topological polar surface area (TPSA) is 90.7 Å². The lowest BCUT2D eigenvalue weighted by molar-refractivity contribution is 0.0472. The van der Waals surface area contributed by atoms with Crippen molar-refractivity contribution in [2.75, 3.05) is 6.61 Å². The van der Waals surface area contributed by atoms with E-state index in [1.807, 2.05) is 54.3 Å². The van der Waals surface area contributed by atoms with Crippen molar-refractivity contribution >= 4 is 33.7 Å². The number of aromatic amines is 1. The van der Waals surface area contributed by atoms with Crippen LogP contribution in [0.15, 0.2) is 48.9 Å². The number of nitrogens with one attached hydrogen (secondary N) is 1. The Labute approximate surface area is 206 Å². The fourth-order valence-electron chi connectivity index (χ4n) is 5.37. The average Bonchev–Trinajstić information content (AvgIpc) is 3.65.